The van der Waals surface area contributed by atoms with E-state index in [1.807, 2.05) is 45.9 Å². The Morgan fingerprint density at radius 2 is 1.77 bits per heavy atom. The Bertz CT molecular complexity index is 1390. The highest BCUT2D eigenvalue weighted by Crippen LogP contribution is 2.33. The van der Waals surface area contributed by atoms with Crippen LogP contribution in [0.3, 0.4) is 0 Å². The molecular weight excluding hydrogens is 522 g/mol. The van der Waals surface area contributed by atoms with Gasteiger partial charge < -0.3 is 9.84 Å². The van der Waals surface area contributed by atoms with E-state index >= 15 is 4.39 Å². The van der Waals surface area contributed by atoms with Crippen LogP contribution in [0.2, 0.25) is 0 Å². The number of carbonyl (C=O) groups excluding carboxylic acids is 1. The summed E-state index contributed by atoms with van der Waals surface area (Å²) in [6.07, 6.45) is -0.323. The van der Waals surface area contributed by atoms with Gasteiger partial charge in [0.2, 0.25) is 5.88 Å². The minimum Gasteiger partial charge on any atom is -0.481 e. The van der Waals surface area contributed by atoms with Crippen molar-refractivity contribution in [2.24, 2.45) is 5.92 Å². The number of aliphatic carboxylic acids is 1. The van der Waals surface area contributed by atoms with Crippen molar-refractivity contribution in [3.05, 3.63) is 87.5 Å². The van der Waals surface area contributed by atoms with Crippen LogP contribution < -0.4 is 15.5 Å². The molecule has 0 radical (unpaired) electrons. The van der Waals surface area contributed by atoms with Crippen LogP contribution >= 0.6 is 0 Å². The number of aromatic nitrogens is 1. The Kier molecular flexibility index (Phi) is 9.87. The highest BCUT2D eigenvalue weighted by molar-refractivity contribution is 5.96. The summed E-state index contributed by atoms with van der Waals surface area (Å²) in [6.45, 7) is 7.31. The van der Waals surface area contributed by atoms with Crippen LogP contribution in [0.4, 0.5) is 8.78 Å². The maximum Gasteiger partial charge on any atom is 0.308 e. The van der Waals surface area contributed by atoms with Crippen LogP contribution in [-0.2, 0) is 4.79 Å². The number of aryl methyl sites for hydroxylation is 2. The molecule has 3 aromatic rings. The highest BCUT2D eigenvalue weighted by atomic mass is 19.2. The summed E-state index contributed by atoms with van der Waals surface area (Å²) < 4.78 is 35.1. The van der Waals surface area contributed by atoms with Crippen LogP contribution in [0.15, 0.2) is 48.7 Å². The van der Waals surface area contributed by atoms with Gasteiger partial charge in [-0.3, -0.25) is 14.9 Å². The quantitative estimate of drug-likeness (QED) is 0.159. The second-order valence-electron chi connectivity index (χ2n) is 9.91. The molecule has 2 aromatic carbocycles. The minimum atomic E-state index is -1.45. The van der Waals surface area contributed by atoms with Gasteiger partial charge in [-0.2, -0.15) is 0 Å². The number of hydrogen-bond acceptors (Lipinski definition) is 5. The molecule has 11 heteroatoms. The number of carbonyl (C=O) groups is 2. The summed E-state index contributed by atoms with van der Waals surface area (Å²) in [5, 5.41) is 12.2. The summed E-state index contributed by atoms with van der Waals surface area (Å²) in [4.78, 5) is 42.3. The van der Waals surface area contributed by atoms with Gasteiger partial charge in [-0.25, -0.2) is 13.8 Å². The standard InChI is InChI=1S/C29H32F2N4O5/c1-16(2)12-24(33-28(38)20-10-7-11-32-29(20)40-5)35(39)34-23(15-25(36)37)21-13-19(14-22(30)27(21)31)26-17(3)8-6-9-18(26)4/h6-11,13-14,16,23-24H,12,15H2,1-5H3,(H2-,33,34,36,37,38,39)/p+1/t23-,24+/m0/s1. The molecule has 0 saturated heterocycles. The first-order valence-corrected chi connectivity index (χ1v) is 12.7. The van der Waals surface area contributed by atoms with Crippen molar-refractivity contribution < 1.29 is 33.1 Å². The lowest BCUT2D eigenvalue weighted by Crippen LogP contribution is -2.49. The van der Waals surface area contributed by atoms with E-state index in [-0.39, 0.29) is 34.2 Å². The zero-order valence-corrected chi connectivity index (χ0v) is 23.0. The van der Waals surface area contributed by atoms with Crippen molar-refractivity contribution in [3.63, 3.8) is 0 Å². The number of pyridine rings is 1. The third-order valence-electron chi connectivity index (χ3n) is 6.35. The summed E-state index contributed by atoms with van der Waals surface area (Å²) in [5.41, 5.74) is 4.86. The van der Waals surface area contributed by atoms with Crippen LogP contribution in [0.1, 0.15) is 59.8 Å². The van der Waals surface area contributed by atoms with E-state index in [1.165, 1.54) is 31.5 Å². The van der Waals surface area contributed by atoms with Gasteiger partial charge in [0.1, 0.15) is 16.5 Å². The molecular formula is C29H33F2N4O5+. The number of methoxy groups -OCH3 is 1. The third-order valence-corrected chi connectivity index (χ3v) is 6.35. The summed E-state index contributed by atoms with van der Waals surface area (Å²) in [6, 6.07) is 9.43. The van der Waals surface area contributed by atoms with Gasteiger partial charge in [0.25, 0.3) is 5.91 Å². The van der Waals surface area contributed by atoms with E-state index in [1.54, 1.807) is 0 Å². The predicted octanol–water partition coefficient (Wildman–Crippen LogP) is 5.25. The number of nitrogens with one attached hydrogen (secondary N) is 2. The van der Waals surface area contributed by atoms with E-state index < -0.39 is 42.1 Å². The number of hydrogen-bond donors (Lipinski definition) is 3. The lowest BCUT2D eigenvalue weighted by molar-refractivity contribution is -0.652. The predicted molar refractivity (Wildman–Crippen MR) is 145 cm³/mol. The number of benzene rings is 2. The smallest absolute Gasteiger partial charge is 0.308 e. The molecule has 0 unspecified atom stereocenters. The van der Waals surface area contributed by atoms with Gasteiger partial charge in [0.05, 0.1) is 18.4 Å². The summed E-state index contributed by atoms with van der Waals surface area (Å²) in [5.74, 6) is -4.46. The summed E-state index contributed by atoms with van der Waals surface area (Å²) in [7, 11) is 1.35. The fourth-order valence-corrected chi connectivity index (χ4v) is 4.54. The van der Waals surface area contributed by atoms with Gasteiger partial charge in [-0.1, -0.05) is 32.0 Å². The zero-order chi connectivity index (χ0) is 29.6. The molecule has 1 heterocycles. The van der Waals surface area contributed by atoms with E-state index in [4.69, 9.17) is 4.74 Å². The lowest BCUT2D eigenvalue weighted by atomic mass is 9.92. The number of amides is 1. The second kappa shape index (κ2) is 13.1. The molecule has 2 atom stereocenters. The Labute approximate surface area is 231 Å². The molecule has 3 rings (SSSR count). The summed E-state index contributed by atoms with van der Waals surface area (Å²) >= 11 is 0. The molecule has 0 fully saturated rings. The monoisotopic (exact) mass is 555 g/mol. The van der Waals surface area contributed by atoms with E-state index in [0.717, 1.165) is 17.2 Å². The first-order chi connectivity index (χ1) is 18.9. The molecule has 40 heavy (non-hydrogen) atoms. The molecule has 0 bridgehead atoms. The molecule has 0 aliphatic heterocycles. The van der Waals surface area contributed by atoms with Crippen LogP contribution in [-0.4, -0.2) is 40.1 Å². The largest absolute Gasteiger partial charge is 0.481 e. The number of halogens is 2. The maximum atomic E-state index is 15.2. The Morgan fingerprint density at radius 1 is 1.10 bits per heavy atom. The van der Waals surface area contributed by atoms with Gasteiger partial charge in [-0.05, 0) is 66.3 Å². The van der Waals surface area contributed by atoms with Gasteiger partial charge in [0, 0.05) is 18.2 Å². The van der Waals surface area contributed by atoms with Crippen LogP contribution in [0, 0.1) is 36.3 Å². The average molecular weight is 556 g/mol. The van der Waals surface area contributed by atoms with Gasteiger partial charge in [-0.15, -0.1) is 5.43 Å². The van der Waals surface area contributed by atoms with Crippen molar-refractivity contribution >= 4 is 11.9 Å². The average Bonchev–Trinajstić information content (AvgIpc) is 2.89. The number of nitrogens with zero attached hydrogens (tertiary/aromatic N) is 2. The fourth-order valence-electron chi connectivity index (χ4n) is 4.54. The Morgan fingerprint density at radius 3 is 2.38 bits per heavy atom. The fraction of sp³-hybridized carbons (Fsp3) is 0.345. The first-order valence-electron chi connectivity index (χ1n) is 12.7. The SMILES string of the molecule is COc1ncccc1C(=O)N[C@@H](CC(C)C)[N+](=O)N[C@@H](CC(=O)O)c1cc(-c2c(C)cccc2C)cc(F)c1F. The number of carboxylic acids is 1. The first kappa shape index (κ1) is 30.1. The lowest BCUT2D eigenvalue weighted by Gasteiger charge is -2.20. The molecule has 3 N–H and O–H groups in total. The van der Waals surface area contributed by atoms with Crippen molar-refractivity contribution in [2.75, 3.05) is 7.11 Å². The minimum absolute atomic E-state index is 0.0540. The van der Waals surface area contributed by atoms with Crippen molar-refractivity contribution in [2.45, 2.75) is 52.7 Å². The van der Waals surface area contributed by atoms with E-state index in [2.05, 4.69) is 15.7 Å². The van der Waals surface area contributed by atoms with Crippen molar-refractivity contribution in [1.82, 2.24) is 15.7 Å². The van der Waals surface area contributed by atoms with E-state index in [0.29, 0.717) is 11.1 Å². The molecule has 1 aromatic heterocycles. The molecule has 1 amide bonds. The zero-order valence-electron chi connectivity index (χ0n) is 23.0. The van der Waals surface area contributed by atoms with Crippen LogP contribution in [0.5, 0.6) is 5.88 Å². The molecule has 9 nitrogen and oxygen atoms in total. The third kappa shape index (κ3) is 7.16. The Balaban J connectivity index is 1.99. The second-order valence-corrected chi connectivity index (χ2v) is 9.91. The Hall–Kier alpha value is -4.41. The normalized spacial score (nSPS) is 12.5. The number of ether oxygens (including phenoxy) is 1. The van der Waals surface area contributed by atoms with Crippen molar-refractivity contribution in [1.29, 1.82) is 0 Å². The molecule has 0 spiro atoms. The van der Waals surface area contributed by atoms with Crippen LogP contribution in [0.25, 0.3) is 11.1 Å². The van der Waals surface area contributed by atoms with Gasteiger partial charge in [0.15, 0.2) is 11.6 Å². The van der Waals surface area contributed by atoms with E-state index in [9.17, 15) is 24.0 Å². The highest BCUT2D eigenvalue weighted by Gasteiger charge is 2.35. The topological polar surface area (TPSA) is 121 Å². The van der Waals surface area contributed by atoms with Gasteiger partial charge >= 0.3 is 12.1 Å². The molecule has 0 aliphatic carbocycles. The molecule has 212 valence electrons. The molecule has 0 aliphatic rings. The molecule has 0 saturated carbocycles. The number of nitroso groups, excluding NO2 is 1. The van der Waals surface area contributed by atoms with Crippen molar-refractivity contribution in [3.8, 4) is 17.0 Å². The maximum absolute atomic E-state index is 15.2. The number of rotatable bonds is 12. The number of carboxylic acid groups (broad SMARTS) is 1. The number of hydrazine groups is 1.